The highest BCUT2D eigenvalue weighted by atomic mass is 28.5. The molecule has 16 heavy (non-hydrogen) atoms. The molecule has 2 N–H and O–H groups in total. The minimum absolute atomic E-state index is 0.436. The quantitative estimate of drug-likeness (QED) is 0.679. The highest BCUT2D eigenvalue weighted by molar-refractivity contribution is 6.76. The third-order valence-electron chi connectivity index (χ3n) is 3.78. The number of fused-ring (bicyclic) bond motifs is 3. The molecule has 0 amide bonds. The van der Waals surface area contributed by atoms with Gasteiger partial charge < -0.3 is 18.1 Å². The zero-order chi connectivity index (χ0) is 11.6. The monoisotopic (exact) mass is 293 g/mol. The van der Waals surface area contributed by atoms with Crippen molar-refractivity contribution in [3.63, 3.8) is 0 Å². The van der Waals surface area contributed by atoms with Crippen molar-refractivity contribution in [3.05, 3.63) is 0 Å². The van der Waals surface area contributed by atoms with Crippen LogP contribution >= 0.6 is 0 Å². The third-order valence-corrected chi connectivity index (χ3v) is 17.6. The first-order valence-corrected chi connectivity index (χ1v) is 12.4. The summed E-state index contributed by atoms with van der Waals surface area (Å²) in [6, 6.07) is 0.975. The van der Waals surface area contributed by atoms with Gasteiger partial charge in [-0.05, 0) is 29.6 Å². The number of rotatable bonds is 3. The maximum Gasteiger partial charge on any atom is 0.468 e. The molecule has 2 aliphatic rings. The molecule has 2 fully saturated rings. The molecule has 2 atom stereocenters. The highest BCUT2D eigenvalue weighted by Gasteiger charge is 2.47. The van der Waals surface area contributed by atoms with E-state index in [2.05, 4.69) is 13.8 Å². The van der Waals surface area contributed by atoms with Crippen molar-refractivity contribution in [1.82, 2.24) is 0 Å². The molecule has 8 heteroatoms. The molecule has 2 bridgehead atoms. The minimum Gasteiger partial charge on any atom is -0.422 e. The normalized spacial score (nSPS) is 48.6. The second-order valence-electron chi connectivity index (χ2n) is 5.13. The van der Waals surface area contributed by atoms with Crippen LogP contribution in [-0.2, 0) is 12.3 Å². The van der Waals surface area contributed by atoms with E-state index in [1.54, 1.807) is 0 Å². The summed E-state index contributed by atoms with van der Waals surface area (Å²) in [5.74, 6) is 0. The molecule has 2 aliphatic heterocycles. The summed E-state index contributed by atoms with van der Waals surface area (Å²) < 4.78 is 18.5. The van der Waals surface area contributed by atoms with Gasteiger partial charge in [-0.3, -0.25) is 0 Å². The van der Waals surface area contributed by atoms with Gasteiger partial charge in [0, 0.05) is 6.04 Å². The van der Waals surface area contributed by atoms with Crippen molar-refractivity contribution in [2.75, 3.05) is 6.54 Å². The number of hydrogen-bond donors (Lipinski definition) is 1. The first kappa shape index (κ1) is 13.1. The van der Waals surface area contributed by atoms with Crippen LogP contribution in [0.5, 0.6) is 0 Å². The van der Waals surface area contributed by atoms with Gasteiger partial charge in [0.15, 0.2) is 29.3 Å². The van der Waals surface area contributed by atoms with Crippen LogP contribution in [0.15, 0.2) is 0 Å². The lowest BCUT2D eigenvalue weighted by Gasteiger charge is -2.31. The van der Waals surface area contributed by atoms with E-state index in [0.717, 1.165) is 35.6 Å². The molecule has 0 aromatic carbocycles. The summed E-state index contributed by atoms with van der Waals surface area (Å²) in [6.07, 6.45) is 0.997. The summed E-state index contributed by atoms with van der Waals surface area (Å²) in [5.41, 5.74) is 8.06. The van der Waals surface area contributed by atoms with Crippen LogP contribution in [0.4, 0.5) is 0 Å². The Labute approximate surface area is 106 Å². The molecule has 0 radical (unpaired) electrons. The third kappa shape index (κ3) is 2.75. The van der Waals surface area contributed by atoms with E-state index >= 15 is 0 Å². The lowest BCUT2D eigenvalue weighted by atomic mass is 10.2. The molecule has 2 saturated heterocycles. The van der Waals surface area contributed by atoms with Crippen LogP contribution < -0.4 is 5.73 Å². The topological polar surface area (TPSA) is 53.7 Å². The zero-order valence-corrected chi connectivity index (χ0v) is 15.5. The van der Waals surface area contributed by atoms with Crippen molar-refractivity contribution < 1.29 is 12.3 Å². The predicted molar refractivity (Wildman–Crippen MR) is 75.7 cm³/mol. The van der Waals surface area contributed by atoms with Crippen molar-refractivity contribution in [2.45, 2.75) is 42.9 Å². The standard InChI is InChI=1S/C8H23NO3Si4/c1-6-8-7(2)14-11-16(10-13-6,12-15-8)5-3-4-9/h6-8H,3-5,9,13-15H2,1-2H3. The van der Waals surface area contributed by atoms with Gasteiger partial charge in [-0.25, -0.2) is 0 Å². The van der Waals surface area contributed by atoms with E-state index in [1.807, 2.05) is 0 Å². The summed E-state index contributed by atoms with van der Waals surface area (Å²) in [7, 11) is -3.52. The Morgan fingerprint density at radius 1 is 1.06 bits per heavy atom. The first-order valence-electron chi connectivity index (χ1n) is 6.29. The minimum atomic E-state index is -2.19. The smallest absolute Gasteiger partial charge is 0.422 e. The predicted octanol–water partition coefficient (Wildman–Crippen LogP) is -0.992. The Balaban J connectivity index is 2.09. The maximum atomic E-state index is 6.20. The molecule has 4 nitrogen and oxygen atoms in total. The average Bonchev–Trinajstić information content (AvgIpc) is 2.54. The Kier molecular flexibility index (Phi) is 4.57. The van der Waals surface area contributed by atoms with Crippen molar-refractivity contribution in [2.24, 2.45) is 5.73 Å². The molecule has 2 rings (SSSR count). The van der Waals surface area contributed by atoms with Crippen molar-refractivity contribution >= 4 is 38.1 Å². The van der Waals surface area contributed by atoms with E-state index in [9.17, 15) is 0 Å². The lowest BCUT2D eigenvalue weighted by Crippen LogP contribution is -2.47. The maximum absolute atomic E-state index is 6.20. The van der Waals surface area contributed by atoms with Gasteiger partial charge in [-0.1, -0.05) is 13.8 Å². The van der Waals surface area contributed by atoms with E-state index < -0.39 is 38.1 Å². The molecule has 94 valence electrons. The van der Waals surface area contributed by atoms with Gasteiger partial charge in [0.2, 0.25) is 0 Å². The molecule has 0 aromatic heterocycles. The second-order valence-corrected chi connectivity index (χ2v) is 15.0. The fourth-order valence-electron chi connectivity index (χ4n) is 2.54. The van der Waals surface area contributed by atoms with Crippen molar-refractivity contribution in [1.29, 1.82) is 0 Å². The van der Waals surface area contributed by atoms with Gasteiger partial charge in [-0.2, -0.15) is 0 Å². The van der Waals surface area contributed by atoms with Gasteiger partial charge >= 0.3 is 8.80 Å². The molecule has 0 aliphatic carbocycles. The number of nitrogens with two attached hydrogens (primary N) is 1. The Morgan fingerprint density at radius 3 is 2.19 bits per heavy atom. The van der Waals surface area contributed by atoms with E-state index in [1.165, 1.54) is 0 Å². The van der Waals surface area contributed by atoms with E-state index in [4.69, 9.17) is 18.1 Å². The molecular weight excluding hydrogens is 270 g/mol. The van der Waals surface area contributed by atoms with Crippen LogP contribution in [0.1, 0.15) is 20.3 Å². The van der Waals surface area contributed by atoms with E-state index in [0.29, 0.717) is 0 Å². The first-order chi connectivity index (χ1) is 7.67. The molecule has 2 unspecified atom stereocenters. The molecule has 0 aromatic rings. The molecule has 0 saturated carbocycles. The molecule has 2 heterocycles. The second kappa shape index (κ2) is 5.57. The highest BCUT2D eigenvalue weighted by Crippen LogP contribution is 2.41. The van der Waals surface area contributed by atoms with Gasteiger partial charge in [0.25, 0.3) is 0 Å². The van der Waals surface area contributed by atoms with Gasteiger partial charge in [-0.15, -0.1) is 0 Å². The fraction of sp³-hybridized carbons (Fsp3) is 1.00. The Morgan fingerprint density at radius 2 is 1.62 bits per heavy atom. The SMILES string of the molecule is CC1[SiH2]O[Si]2(CCCN)O[SiH2]C(C)C1[SiH2]O2. The summed E-state index contributed by atoms with van der Waals surface area (Å²) in [4.78, 5) is 0. The van der Waals surface area contributed by atoms with Crippen LogP contribution in [0.2, 0.25) is 22.7 Å². The zero-order valence-electron chi connectivity index (χ0n) is 10.3. The Hall–Kier alpha value is 0.708. The van der Waals surface area contributed by atoms with Crippen molar-refractivity contribution in [3.8, 4) is 0 Å². The van der Waals surface area contributed by atoms with Crippen LogP contribution in [0.3, 0.4) is 0 Å². The van der Waals surface area contributed by atoms with Crippen LogP contribution in [-0.4, -0.2) is 44.6 Å². The van der Waals surface area contributed by atoms with Crippen LogP contribution in [0.25, 0.3) is 0 Å². The lowest BCUT2D eigenvalue weighted by molar-refractivity contribution is 0.282. The van der Waals surface area contributed by atoms with Gasteiger partial charge in [0.1, 0.15) is 0 Å². The largest absolute Gasteiger partial charge is 0.468 e. The van der Waals surface area contributed by atoms with Crippen LogP contribution in [0, 0.1) is 0 Å². The fourth-order valence-corrected chi connectivity index (χ4v) is 18.2. The average molecular weight is 294 g/mol. The summed E-state index contributed by atoms with van der Waals surface area (Å²) in [5, 5.41) is 0. The summed E-state index contributed by atoms with van der Waals surface area (Å²) >= 11 is 0. The van der Waals surface area contributed by atoms with E-state index in [-0.39, 0.29) is 0 Å². The summed E-state index contributed by atoms with van der Waals surface area (Å²) in [6.45, 7) is 5.47. The van der Waals surface area contributed by atoms with Gasteiger partial charge in [0.05, 0.1) is 0 Å². The molecule has 0 spiro atoms. The molecular formula is C8H23NO3Si4. The Bertz CT molecular complexity index is 231. The number of hydrogen-bond acceptors (Lipinski definition) is 4.